The molecule has 2 atom stereocenters. The number of halogens is 1. The van der Waals surface area contributed by atoms with Gasteiger partial charge in [-0.15, -0.1) is 11.3 Å². The van der Waals surface area contributed by atoms with E-state index in [9.17, 15) is 9.32 Å². The van der Waals surface area contributed by atoms with Gasteiger partial charge in [0, 0.05) is 15.6 Å². The summed E-state index contributed by atoms with van der Waals surface area (Å²) in [6, 6.07) is 13.4. The Kier molecular flexibility index (Phi) is 8.94. The smallest absolute Gasteiger partial charge is 0.194 e. The molecule has 0 bridgehead atoms. The standard InChI is InChI=1S/C22H34ClNO4S2Si/c1-21(2,3)31(5,6)24-30(23,26)20-13-12-19(29-20)22(4,25)17-28-15-14-27-16-18-10-8-7-9-11-18/h7-13,25H,14-17H2,1-6H3/t22-,30?/m0/s1. The molecule has 0 aliphatic heterocycles. The van der Waals surface area contributed by atoms with Crippen molar-refractivity contribution in [2.24, 2.45) is 4.03 Å². The lowest BCUT2D eigenvalue weighted by Gasteiger charge is -2.32. The molecule has 1 aromatic carbocycles. The molecule has 1 heterocycles. The van der Waals surface area contributed by atoms with Crippen LogP contribution in [0.1, 0.15) is 38.1 Å². The van der Waals surface area contributed by atoms with Gasteiger partial charge in [-0.25, -0.2) is 4.21 Å². The van der Waals surface area contributed by atoms with Crippen molar-refractivity contribution in [3.63, 3.8) is 0 Å². The number of aliphatic hydroxyl groups is 1. The molecule has 0 spiro atoms. The molecule has 174 valence electrons. The van der Waals surface area contributed by atoms with E-state index < -0.39 is 22.8 Å². The second-order valence-electron chi connectivity index (χ2n) is 9.34. The predicted octanol–water partition coefficient (Wildman–Crippen LogP) is 6.17. The fourth-order valence-corrected chi connectivity index (χ4v) is 10.3. The number of nitrogens with zero attached hydrogens (tertiary/aromatic N) is 1. The van der Waals surface area contributed by atoms with Gasteiger partial charge in [0.1, 0.15) is 9.81 Å². The van der Waals surface area contributed by atoms with Gasteiger partial charge < -0.3 is 14.6 Å². The molecule has 0 aliphatic rings. The molecule has 0 saturated carbocycles. The Morgan fingerprint density at radius 2 is 1.68 bits per heavy atom. The summed E-state index contributed by atoms with van der Waals surface area (Å²) in [6.45, 7) is 13.5. The molecule has 2 aromatic rings. The van der Waals surface area contributed by atoms with Crippen LogP contribution in [0.4, 0.5) is 0 Å². The normalized spacial score (nSPS) is 16.5. The van der Waals surface area contributed by atoms with Gasteiger partial charge in [-0.1, -0.05) is 51.1 Å². The molecule has 0 saturated heterocycles. The lowest BCUT2D eigenvalue weighted by atomic mass is 10.1. The van der Waals surface area contributed by atoms with Crippen LogP contribution in [-0.4, -0.2) is 37.4 Å². The summed E-state index contributed by atoms with van der Waals surface area (Å²) in [6.07, 6.45) is 0. The zero-order valence-electron chi connectivity index (χ0n) is 19.2. The molecule has 9 heteroatoms. The number of rotatable bonds is 10. The molecular formula is C22H34ClNO4S2Si. The van der Waals surface area contributed by atoms with E-state index in [0.717, 1.165) is 5.56 Å². The minimum atomic E-state index is -3.04. The van der Waals surface area contributed by atoms with Crippen LogP contribution >= 0.6 is 22.0 Å². The van der Waals surface area contributed by atoms with Gasteiger partial charge in [0.2, 0.25) is 0 Å². The van der Waals surface area contributed by atoms with Crippen LogP contribution in [0.2, 0.25) is 18.1 Å². The van der Waals surface area contributed by atoms with E-state index in [4.69, 9.17) is 20.2 Å². The highest BCUT2D eigenvalue weighted by molar-refractivity contribution is 8.17. The summed E-state index contributed by atoms with van der Waals surface area (Å²) in [4.78, 5) is 0.645. The highest BCUT2D eigenvalue weighted by Gasteiger charge is 2.38. The number of thiophene rings is 1. The van der Waals surface area contributed by atoms with E-state index in [2.05, 4.69) is 37.9 Å². The second-order valence-corrected chi connectivity index (χ2v) is 18.6. The fourth-order valence-electron chi connectivity index (χ4n) is 2.44. The average molecular weight is 504 g/mol. The summed E-state index contributed by atoms with van der Waals surface area (Å²) < 4.78 is 29.5. The molecule has 0 radical (unpaired) electrons. The highest BCUT2D eigenvalue weighted by Crippen LogP contribution is 2.40. The number of benzene rings is 1. The molecule has 1 unspecified atom stereocenters. The Labute approximate surface area is 196 Å². The third kappa shape index (κ3) is 7.66. The summed E-state index contributed by atoms with van der Waals surface area (Å²) in [5.41, 5.74) is -0.112. The van der Waals surface area contributed by atoms with Crippen LogP contribution in [0.5, 0.6) is 0 Å². The van der Waals surface area contributed by atoms with Crippen LogP contribution in [0.15, 0.2) is 50.7 Å². The van der Waals surface area contributed by atoms with Crippen molar-refractivity contribution < 1.29 is 18.8 Å². The molecule has 0 aliphatic carbocycles. The first-order valence-electron chi connectivity index (χ1n) is 10.2. The second kappa shape index (κ2) is 10.5. The monoisotopic (exact) mass is 503 g/mol. The van der Waals surface area contributed by atoms with E-state index in [1.165, 1.54) is 11.3 Å². The van der Waals surface area contributed by atoms with Crippen molar-refractivity contribution in [2.75, 3.05) is 19.8 Å². The van der Waals surface area contributed by atoms with E-state index in [-0.39, 0.29) is 11.6 Å². The molecular weight excluding hydrogens is 470 g/mol. The van der Waals surface area contributed by atoms with Crippen molar-refractivity contribution >= 4 is 39.2 Å². The minimum Gasteiger partial charge on any atom is -0.382 e. The quantitative estimate of drug-likeness (QED) is 0.239. The SMILES string of the molecule is CC(C)(C)[Si](C)(C)N=S(=O)(Cl)c1ccc([C@@](C)(O)COCCOCc2ccccc2)s1. The molecule has 31 heavy (non-hydrogen) atoms. The maximum absolute atomic E-state index is 13.2. The van der Waals surface area contributed by atoms with Crippen LogP contribution < -0.4 is 0 Å². The van der Waals surface area contributed by atoms with E-state index in [0.29, 0.717) is 28.9 Å². The van der Waals surface area contributed by atoms with Crippen LogP contribution in [0.25, 0.3) is 0 Å². The first kappa shape index (κ1) is 26.5. The molecule has 1 N–H and O–H groups in total. The largest absolute Gasteiger partial charge is 0.382 e. The first-order valence-corrected chi connectivity index (χ1v) is 16.4. The molecule has 0 fully saturated rings. The van der Waals surface area contributed by atoms with Crippen molar-refractivity contribution in [1.82, 2.24) is 0 Å². The third-order valence-electron chi connectivity index (χ3n) is 5.41. The summed E-state index contributed by atoms with van der Waals surface area (Å²) in [5, 5.41) is 10.8. The first-order chi connectivity index (χ1) is 14.2. The molecule has 0 amide bonds. The van der Waals surface area contributed by atoms with E-state index >= 15 is 0 Å². The van der Waals surface area contributed by atoms with Gasteiger partial charge >= 0.3 is 0 Å². The Morgan fingerprint density at radius 3 is 2.29 bits per heavy atom. The Balaban J connectivity index is 1.93. The van der Waals surface area contributed by atoms with Crippen molar-refractivity contribution in [3.8, 4) is 0 Å². The third-order valence-corrected chi connectivity index (χ3v) is 15.9. The zero-order chi connectivity index (χ0) is 23.3. The van der Waals surface area contributed by atoms with Gasteiger partial charge in [0.15, 0.2) is 17.2 Å². The van der Waals surface area contributed by atoms with Crippen LogP contribution in [-0.2, 0) is 30.6 Å². The van der Waals surface area contributed by atoms with Gasteiger partial charge in [0.25, 0.3) is 0 Å². The van der Waals surface area contributed by atoms with Gasteiger partial charge in [0.05, 0.1) is 26.4 Å². The lowest BCUT2D eigenvalue weighted by molar-refractivity contribution is -0.0508. The zero-order valence-corrected chi connectivity index (χ0v) is 22.6. The Hall–Kier alpha value is -0.743. The van der Waals surface area contributed by atoms with Gasteiger partial charge in [-0.2, -0.15) is 0 Å². The number of hydrogen-bond donors (Lipinski definition) is 1. The predicted molar refractivity (Wildman–Crippen MR) is 133 cm³/mol. The van der Waals surface area contributed by atoms with Gasteiger partial charge in [-0.05, 0) is 42.8 Å². The fraction of sp³-hybridized carbons (Fsp3) is 0.545. The maximum Gasteiger partial charge on any atom is 0.194 e. The maximum atomic E-state index is 13.2. The van der Waals surface area contributed by atoms with Crippen LogP contribution in [0.3, 0.4) is 0 Å². The summed E-state index contributed by atoms with van der Waals surface area (Å²) in [5.74, 6) is 0. The molecule has 2 rings (SSSR count). The number of hydrogen-bond acceptors (Lipinski definition) is 6. The van der Waals surface area contributed by atoms with Gasteiger partial charge in [-0.3, -0.25) is 4.03 Å². The Bertz CT molecular complexity index is 961. The summed E-state index contributed by atoms with van der Waals surface area (Å²) >= 11 is 1.22. The molecule has 1 aromatic heterocycles. The highest BCUT2D eigenvalue weighted by atomic mass is 35.7. The van der Waals surface area contributed by atoms with Crippen molar-refractivity contribution in [2.45, 2.75) is 62.2 Å². The van der Waals surface area contributed by atoms with E-state index in [1.807, 2.05) is 30.3 Å². The van der Waals surface area contributed by atoms with Crippen molar-refractivity contribution in [1.29, 1.82) is 0 Å². The molecule has 5 nitrogen and oxygen atoms in total. The summed E-state index contributed by atoms with van der Waals surface area (Å²) in [7, 11) is 1.17. The van der Waals surface area contributed by atoms with Crippen molar-refractivity contribution in [3.05, 3.63) is 52.9 Å². The minimum absolute atomic E-state index is 0.0629. The number of ether oxygens (including phenoxy) is 2. The van der Waals surface area contributed by atoms with E-state index in [1.54, 1.807) is 19.1 Å². The van der Waals surface area contributed by atoms with Crippen LogP contribution in [0, 0.1) is 0 Å². The Morgan fingerprint density at radius 1 is 1.06 bits per heavy atom. The lowest BCUT2D eigenvalue weighted by Crippen LogP contribution is -2.35. The average Bonchev–Trinajstić information content (AvgIpc) is 3.16. The topological polar surface area (TPSA) is 68.1 Å².